The summed E-state index contributed by atoms with van der Waals surface area (Å²) in [5.41, 5.74) is 5.08. The molecule has 1 heterocycles. The summed E-state index contributed by atoms with van der Waals surface area (Å²) in [6.45, 7) is 4.11. The molecule has 1 N–H and O–H groups in total. The van der Waals surface area contributed by atoms with Gasteiger partial charge < -0.3 is 0 Å². The minimum atomic E-state index is -3.74. The molecular weight excluding hydrogens is 454 g/mol. The van der Waals surface area contributed by atoms with E-state index in [9.17, 15) is 13.2 Å². The number of para-hydroxylation sites is 1. The highest BCUT2D eigenvalue weighted by atomic mass is 32.2. The maximum absolute atomic E-state index is 12.9. The van der Waals surface area contributed by atoms with E-state index in [1.807, 2.05) is 23.6 Å². The molecule has 6 nitrogen and oxygen atoms in total. The number of carbonyl (C=O) groups is 1. The lowest BCUT2D eigenvalue weighted by Gasteiger charge is -2.19. The molecule has 1 amide bonds. The first kappa shape index (κ1) is 22.7. The number of carbonyl (C=O) groups excluding carboxylic acids is 1. The topological polar surface area (TPSA) is 79.4 Å². The highest BCUT2D eigenvalue weighted by Gasteiger charge is 2.21. The summed E-state index contributed by atoms with van der Waals surface area (Å²) in [4.78, 5) is 17.3. The van der Waals surface area contributed by atoms with Crippen LogP contribution in [0, 0.1) is 13.8 Å². The SMILES string of the molecule is Cc1ccc(-c2csc(NC(=O)c3ccc(S(=O)(=O)N(C)c4ccccc4)cc3)n2)cc1C. The molecule has 0 aliphatic rings. The number of aromatic nitrogens is 1. The minimum absolute atomic E-state index is 0.108. The van der Waals surface area contributed by atoms with Crippen LogP contribution in [0.4, 0.5) is 10.8 Å². The predicted molar refractivity (Wildman–Crippen MR) is 133 cm³/mol. The lowest BCUT2D eigenvalue weighted by molar-refractivity contribution is 0.102. The zero-order valence-electron chi connectivity index (χ0n) is 18.4. The molecule has 8 heteroatoms. The first-order valence-electron chi connectivity index (χ1n) is 10.2. The quantitative estimate of drug-likeness (QED) is 0.397. The Bertz CT molecular complexity index is 1400. The van der Waals surface area contributed by atoms with Crippen molar-refractivity contribution in [1.82, 2.24) is 4.98 Å². The van der Waals surface area contributed by atoms with Crippen molar-refractivity contribution in [2.24, 2.45) is 0 Å². The van der Waals surface area contributed by atoms with Crippen molar-refractivity contribution in [1.29, 1.82) is 0 Å². The first-order chi connectivity index (χ1) is 15.8. The zero-order valence-corrected chi connectivity index (χ0v) is 20.1. The van der Waals surface area contributed by atoms with E-state index in [-0.39, 0.29) is 10.8 Å². The average Bonchev–Trinajstić information content (AvgIpc) is 3.29. The van der Waals surface area contributed by atoms with Crippen LogP contribution >= 0.6 is 11.3 Å². The average molecular weight is 478 g/mol. The summed E-state index contributed by atoms with van der Waals surface area (Å²) < 4.78 is 27.0. The fourth-order valence-electron chi connectivity index (χ4n) is 3.25. The summed E-state index contributed by atoms with van der Waals surface area (Å²) >= 11 is 1.34. The molecule has 1 aromatic heterocycles. The molecular formula is C25H23N3O3S2. The van der Waals surface area contributed by atoms with Gasteiger partial charge in [0.1, 0.15) is 0 Å². The number of rotatable bonds is 6. The van der Waals surface area contributed by atoms with Gasteiger partial charge in [0.05, 0.1) is 16.3 Å². The van der Waals surface area contributed by atoms with Crippen molar-refractivity contribution in [2.75, 3.05) is 16.7 Å². The monoisotopic (exact) mass is 477 g/mol. The zero-order chi connectivity index (χ0) is 23.6. The van der Waals surface area contributed by atoms with Gasteiger partial charge in [-0.2, -0.15) is 0 Å². The number of nitrogens with one attached hydrogen (secondary N) is 1. The van der Waals surface area contributed by atoms with E-state index in [1.54, 1.807) is 24.3 Å². The number of aryl methyl sites for hydroxylation is 2. The number of anilines is 2. The molecule has 0 spiro atoms. The molecule has 3 aromatic carbocycles. The fraction of sp³-hybridized carbons (Fsp3) is 0.120. The van der Waals surface area contributed by atoms with Crippen molar-refractivity contribution >= 4 is 38.1 Å². The summed E-state index contributed by atoms with van der Waals surface area (Å²) in [6, 6.07) is 20.8. The lowest BCUT2D eigenvalue weighted by atomic mass is 10.1. The lowest BCUT2D eigenvalue weighted by Crippen LogP contribution is -2.26. The van der Waals surface area contributed by atoms with E-state index in [0.717, 1.165) is 11.3 Å². The van der Waals surface area contributed by atoms with Gasteiger partial charge in [-0.15, -0.1) is 11.3 Å². The van der Waals surface area contributed by atoms with Gasteiger partial charge in [-0.3, -0.25) is 14.4 Å². The Morgan fingerprint density at radius 2 is 1.64 bits per heavy atom. The third-order valence-electron chi connectivity index (χ3n) is 5.42. The van der Waals surface area contributed by atoms with Crippen LogP contribution in [0.15, 0.2) is 83.1 Å². The van der Waals surface area contributed by atoms with Gasteiger partial charge in [0.15, 0.2) is 5.13 Å². The van der Waals surface area contributed by atoms with Crippen LogP contribution in [0.3, 0.4) is 0 Å². The normalized spacial score (nSPS) is 11.2. The van der Waals surface area contributed by atoms with Gasteiger partial charge in [-0.25, -0.2) is 13.4 Å². The number of sulfonamides is 1. The third-order valence-corrected chi connectivity index (χ3v) is 7.98. The second-order valence-corrected chi connectivity index (χ2v) is 10.5. The highest BCUT2D eigenvalue weighted by Crippen LogP contribution is 2.27. The Kier molecular flexibility index (Phi) is 6.31. The van der Waals surface area contributed by atoms with Crippen molar-refractivity contribution in [2.45, 2.75) is 18.7 Å². The van der Waals surface area contributed by atoms with E-state index >= 15 is 0 Å². The minimum Gasteiger partial charge on any atom is -0.298 e. The largest absolute Gasteiger partial charge is 0.298 e. The van der Waals surface area contributed by atoms with Gasteiger partial charge in [0.2, 0.25) is 0 Å². The maximum Gasteiger partial charge on any atom is 0.264 e. The van der Waals surface area contributed by atoms with E-state index in [0.29, 0.717) is 16.4 Å². The van der Waals surface area contributed by atoms with Crippen molar-refractivity contribution < 1.29 is 13.2 Å². The standard InChI is InChI=1S/C25H23N3O3S2/c1-17-9-10-20(15-18(17)2)23-16-32-25(26-23)27-24(29)19-11-13-22(14-12-19)33(30,31)28(3)21-7-5-4-6-8-21/h4-16H,1-3H3,(H,26,27,29). The van der Waals surface area contributed by atoms with Gasteiger partial charge in [0.25, 0.3) is 15.9 Å². The summed E-state index contributed by atoms with van der Waals surface area (Å²) in [5, 5.41) is 5.17. The molecule has 0 unspecified atom stereocenters. The Labute approximate surface area is 197 Å². The van der Waals surface area contributed by atoms with Gasteiger partial charge >= 0.3 is 0 Å². The van der Waals surface area contributed by atoms with E-state index in [4.69, 9.17) is 0 Å². The smallest absolute Gasteiger partial charge is 0.264 e. The molecule has 0 aliphatic heterocycles. The van der Waals surface area contributed by atoms with Crippen LogP contribution in [0.2, 0.25) is 0 Å². The second-order valence-electron chi connectivity index (χ2n) is 7.62. The molecule has 4 aromatic rings. The highest BCUT2D eigenvalue weighted by molar-refractivity contribution is 7.92. The van der Waals surface area contributed by atoms with E-state index in [1.165, 1.54) is 58.1 Å². The van der Waals surface area contributed by atoms with Gasteiger partial charge in [-0.1, -0.05) is 30.3 Å². The van der Waals surface area contributed by atoms with E-state index < -0.39 is 10.0 Å². The predicted octanol–water partition coefficient (Wildman–Crippen LogP) is 5.50. The van der Waals surface area contributed by atoms with Crippen LogP contribution in [-0.2, 0) is 10.0 Å². The first-order valence-corrected chi connectivity index (χ1v) is 12.6. The number of thiazole rings is 1. The number of hydrogen-bond acceptors (Lipinski definition) is 5. The molecule has 0 atom stereocenters. The van der Waals surface area contributed by atoms with Gasteiger partial charge in [-0.05, 0) is 67.4 Å². The van der Waals surface area contributed by atoms with Crippen LogP contribution in [-0.4, -0.2) is 26.4 Å². The van der Waals surface area contributed by atoms with Gasteiger partial charge in [0, 0.05) is 23.6 Å². The second kappa shape index (κ2) is 9.17. The molecule has 0 bridgehead atoms. The van der Waals surface area contributed by atoms with Crippen LogP contribution in [0.1, 0.15) is 21.5 Å². The summed E-state index contributed by atoms with van der Waals surface area (Å²) in [7, 11) is -2.24. The summed E-state index contributed by atoms with van der Waals surface area (Å²) in [6.07, 6.45) is 0. The molecule has 0 saturated heterocycles. The van der Waals surface area contributed by atoms with Crippen molar-refractivity contribution in [3.8, 4) is 11.3 Å². The fourth-order valence-corrected chi connectivity index (χ4v) is 5.16. The molecule has 33 heavy (non-hydrogen) atoms. The van der Waals surface area contributed by atoms with E-state index in [2.05, 4.69) is 30.2 Å². The Morgan fingerprint density at radius 1 is 0.939 bits per heavy atom. The van der Waals surface area contributed by atoms with Crippen molar-refractivity contribution in [3.63, 3.8) is 0 Å². The number of nitrogens with zero attached hydrogens (tertiary/aromatic N) is 2. The Hall–Kier alpha value is -3.49. The molecule has 4 rings (SSSR count). The molecule has 0 radical (unpaired) electrons. The molecule has 0 fully saturated rings. The molecule has 0 saturated carbocycles. The number of hydrogen-bond donors (Lipinski definition) is 1. The molecule has 168 valence electrons. The summed E-state index contributed by atoms with van der Waals surface area (Å²) in [5.74, 6) is -0.351. The molecule has 0 aliphatic carbocycles. The Balaban J connectivity index is 1.48. The number of benzene rings is 3. The maximum atomic E-state index is 12.9. The van der Waals surface area contributed by atoms with Crippen LogP contribution in [0.5, 0.6) is 0 Å². The third kappa shape index (κ3) is 4.81. The van der Waals surface area contributed by atoms with Crippen molar-refractivity contribution in [3.05, 3.63) is 94.9 Å². The number of amides is 1. The van der Waals surface area contributed by atoms with Crippen LogP contribution < -0.4 is 9.62 Å². The Morgan fingerprint density at radius 3 is 2.30 bits per heavy atom. The van der Waals surface area contributed by atoms with Crippen LogP contribution in [0.25, 0.3) is 11.3 Å².